The van der Waals surface area contributed by atoms with E-state index in [1.54, 1.807) is 0 Å². The molecule has 9 aromatic rings. The molecular formula is C41H26N4. The standard InChI is InChI=1S/C41H26N4/c1-4-11-27(12-5-1)36-26-32-20-21-33(35-23-22-31-19-18-30-17-10-24-42-39(30)40(31)43-35)25-34(32)41-37(28-13-6-2-7-14-28)38(44-45(36)41)29-15-8-3-9-16-29/h1-26H. The molecule has 0 unspecified atom stereocenters. The maximum atomic E-state index is 5.36. The number of hydrogen-bond donors (Lipinski definition) is 0. The van der Waals surface area contributed by atoms with Gasteiger partial charge < -0.3 is 0 Å². The van der Waals surface area contributed by atoms with Crippen LogP contribution in [-0.4, -0.2) is 19.6 Å². The van der Waals surface area contributed by atoms with Gasteiger partial charge >= 0.3 is 0 Å². The van der Waals surface area contributed by atoms with E-state index in [9.17, 15) is 0 Å². The monoisotopic (exact) mass is 574 g/mol. The highest BCUT2D eigenvalue weighted by atomic mass is 15.2. The fraction of sp³-hybridized carbons (Fsp3) is 0. The second-order valence-electron chi connectivity index (χ2n) is 11.3. The molecular weight excluding hydrogens is 548 g/mol. The number of benzene rings is 5. The van der Waals surface area contributed by atoms with E-state index in [0.717, 1.165) is 83.0 Å². The van der Waals surface area contributed by atoms with Gasteiger partial charge in [-0.1, -0.05) is 127 Å². The van der Waals surface area contributed by atoms with Crippen molar-refractivity contribution in [1.29, 1.82) is 0 Å². The third-order valence-corrected chi connectivity index (χ3v) is 8.62. The molecule has 0 N–H and O–H groups in total. The van der Waals surface area contributed by atoms with Crippen LogP contribution in [0, 0.1) is 0 Å². The smallest absolute Gasteiger partial charge is 0.101 e. The Labute approximate surface area is 259 Å². The summed E-state index contributed by atoms with van der Waals surface area (Å²) in [5.74, 6) is 0. The van der Waals surface area contributed by atoms with E-state index >= 15 is 0 Å². The Morgan fingerprint density at radius 3 is 1.87 bits per heavy atom. The van der Waals surface area contributed by atoms with Crippen LogP contribution in [0.25, 0.3) is 83.0 Å². The molecule has 0 aliphatic rings. The fourth-order valence-corrected chi connectivity index (χ4v) is 6.47. The highest BCUT2D eigenvalue weighted by molar-refractivity contribution is 6.10. The van der Waals surface area contributed by atoms with Gasteiger partial charge in [-0.15, -0.1) is 0 Å². The van der Waals surface area contributed by atoms with Crippen molar-refractivity contribution in [2.45, 2.75) is 0 Å². The Hall–Kier alpha value is -6.13. The quantitative estimate of drug-likeness (QED) is 0.196. The highest BCUT2D eigenvalue weighted by Gasteiger charge is 2.22. The first-order valence-corrected chi connectivity index (χ1v) is 15.1. The summed E-state index contributed by atoms with van der Waals surface area (Å²) in [6, 6.07) is 53.1. The van der Waals surface area contributed by atoms with Crippen LogP contribution in [0.15, 0.2) is 158 Å². The molecule has 0 saturated heterocycles. The summed E-state index contributed by atoms with van der Waals surface area (Å²) in [6.45, 7) is 0. The summed E-state index contributed by atoms with van der Waals surface area (Å²) in [6.07, 6.45) is 1.84. The molecule has 5 aromatic carbocycles. The molecule has 4 aromatic heterocycles. The third kappa shape index (κ3) is 4.19. The van der Waals surface area contributed by atoms with Crippen LogP contribution in [0.1, 0.15) is 0 Å². The number of hydrogen-bond acceptors (Lipinski definition) is 3. The molecule has 4 heteroatoms. The zero-order valence-electron chi connectivity index (χ0n) is 24.3. The Morgan fingerprint density at radius 2 is 1.11 bits per heavy atom. The molecule has 9 rings (SSSR count). The number of rotatable bonds is 4. The number of fused-ring (bicyclic) bond motifs is 6. The molecule has 0 aliphatic carbocycles. The fourth-order valence-electron chi connectivity index (χ4n) is 6.47. The van der Waals surface area contributed by atoms with E-state index in [1.165, 1.54) is 0 Å². The van der Waals surface area contributed by atoms with Gasteiger partial charge in [0.1, 0.15) is 5.69 Å². The normalized spacial score (nSPS) is 11.6. The van der Waals surface area contributed by atoms with Crippen LogP contribution in [0.2, 0.25) is 0 Å². The van der Waals surface area contributed by atoms with Crippen LogP contribution in [0.3, 0.4) is 0 Å². The maximum Gasteiger partial charge on any atom is 0.101 e. The second kappa shape index (κ2) is 10.2. The summed E-state index contributed by atoms with van der Waals surface area (Å²) in [4.78, 5) is 9.85. The summed E-state index contributed by atoms with van der Waals surface area (Å²) >= 11 is 0. The molecule has 0 amide bonds. The molecule has 0 saturated carbocycles. The van der Waals surface area contributed by atoms with Crippen molar-refractivity contribution in [2.24, 2.45) is 0 Å². The van der Waals surface area contributed by atoms with E-state index in [2.05, 4.69) is 149 Å². The lowest BCUT2D eigenvalue weighted by atomic mass is 9.95. The Morgan fingerprint density at radius 1 is 0.467 bits per heavy atom. The minimum atomic E-state index is 0.913. The van der Waals surface area contributed by atoms with Gasteiger partial charge in [-0.2, -0.15) is 5.10 Å². The van der Waals surface area contributed by atoms with Gasteiger partial charge in [0.05, 0.1) is 27.9 Å². The van der Waals surface area contributed by atoms with E-state index in [1.807, 2.05) is 18.3 Å². The van der Waals surface area contributed by atoms with E-state index in [0.29, 0.717) is 0 Å². The SMILES string of the molecule is c1ccc(-c2nn3c(-c4ccccc4)cc4ccc(-c5ccc6ccc7cccnc7c6n5)cc4c3c2-c2ccccc2)cc1. The van der Waals surface area contributed by atoms with Crippen LogP contribution in [0.4, 0.5) is 0 Å². The first-order valence-electron chi connectivity index (χ1n) is 15.1. The van der Waals surface area contributed by atoms with Gasteiger partial charge in [-0.25, -0.2) is 9.50 Å². The van der Waals surface area contributed by atoms with Crippen molar-refractivity contribution < 1.29 is 0 Å². The lowest BCUT2D eigenvalue weighted by molar-refractivity contribution is 0.979. The zero-order chi connectivity index (χ0) is 29.7. The molecule has 0 aliphatic heterocycles. The predicted octanol–water partition coefficient (Wildman–Crippen LogP) is 10.3. The molecule has 45 heavy (non-hydrogen) atoms. The van der Waals surface area contributed by atoms with Gasteiger partial charge in [0.15, 0.2) is 0 Å². The van der Waals surface area contributed by atoms with Crippen LogP contribution in [0.5, 0.6) is 0 Å². The second-order valence-corrected chi connectivity index (χ2v) is 11.3. The summed E-state index contributed by atoms with van der Waals surface area (Å²) in [7, 11) is 0. The third-order valence-electron chi connectivity index (χ3n) is 8.62. The Balaban J connectivity index is 1.38. The van der Waals surface area contributed by atoms with Gasteiger partial charge in [-0.3, -0.25) is 4.98 Å². The summed E-state index contributed by atoms with van der Waals surface area (Å²) in [5, 5.41) is 9.79. The highest BCUT2D eigenvalue weighted by Crippen LogP contribution is 2.41. The molecule has 0 spiro atoms. The van der Waals surface area contributed by atoms with E-state index in [4.69, 9.17) is 10.1 Å². The van der Waals surface area contributed by atoms with Crippen molar-refractivity contribution in [3.8, 4) is 44.9 Å². The number of pyridine rings is 3. The van der Waals surface area contributed by atoms with Crippen molar-refractivity contribution in [3.05, 3.63) is 158 Å². The average molecular weight is 575 g/mol. The molecule has 4 heterocycles. The van der Waals surface area contributed by atoms with Crippen molar-refractivity contribution in [2.75, 3.05) is 0 Å². The average Bonchev–Trinajstić information content (AvgIpc) is 3.53. The van der Waals surface area contributed by atoms with Crippen LogP contribution < -0.4 is 0 Å². The first-order chi connectivity index (χ1) is 22.3. The molecule has 0 atom stereocenters. The van der Waals surface area contributed by atoms with Crippen molar-refractivity contribution >= 4 is 38.1 Å². The van der Waals surface area contributed by atoms with Gasteiger partial charge in [0.25, 0.3) is 0 Å². The molecule has 0 radical (unpaired) electrons. The molecule has 0 fully saturated rings. The zero-order valence-corrected chi connectivity index (χ0v) is 24.3. The van der Waals surface area contributed by atoms with Gasteiger partial charge in [-0.05, 0) is 35.2 Å². The van der Waals surface area contributed by atoms with Gasteiger partial charge in [0.2, 0.25) is 0 Å². The largest absolute Gasteiger partial charge is 0.254 e. The first kappa shape index (κ1) is 25.4. The maximum absolute atomic E-state index is 5.36. The van der Waals surface area contributed by atoms with Crippen molar-refractivity contribution in [3.63, 3.8) is 0 Å². The van der Waals surface area contributed by atoms with Gasteiger partial charge in [0, 0.05) is 44.6 Å². The summed E-state index contributed by atoms with van der Waals surface area (Å²) < 4.78 is 2.14. The lowest BCUT2D eigenvalue weighted by Crippen LogP contribution is -1.96. The predicted molar refractivity (Wildman–Crippen MR) is 185 cm³/mol. The minimum Gasteiger partial charge on any atom is -0.254 e. The van der Waals surface area contributed by atoms with E-state index < -0.39 is 0 Å². The van der Waals surface area contributed by atoms with Crippen LogP contribution in [-0.2, 0) is 0 Å². The minimum absolute atomic E-state index is 0.913. The number of nitrogens with zero attached hydrogens (tertiary/aromatic N) is 4. The summed E-state index contributed by atoms with van der Waals surface area (Å²) in [5.41, 5.74) is 11.3. The lowest BCUT2D eigenvalue weighted by Gasteiger charge is -2.12. The molecule has 0 bridgehead atoms. The molecule has 4 nitrogen and oxygen atoms in total. The molecule has 210 valence electrons. The Bertz CT molecular complexity index is 2520. The number of aromatic nitrogens is 4. The Kier molecular flexibility index (Phi) is 5.78. The van der Waals surface area contributed by atoms with Crippen molar-refractivity contribution in [1.82, 2.24) is 19.6 Å². The van der Waals surface area contributed by atoms with E-state index in [-0.39, 0.29) is 0 Å². The van der Waals surface area contributed by atoms with Crippen LogP contribution >= 0.6 is 0 Å². The topological polar surface area (TPSA) is 43.1 Å².